The van der Waals surface area contributed by atoms with Crippen LogP contribution in [0.15, 0.2) is 24.3 Å². The fourth-order valence-electron chi connectivity index (χ4n) is 3.55. The standard InChI is InChI=1S/C21H32N2O4/c1-21(2,3)12-19(24)23(13-15-8-7-9-17(10-15)26-5)16-11-18(20(25)27-6)22(4)14-16/h7-10,16,18H,11-14H2,1-6H3/t16-,18-/m0/s1. The number of hydrogen-bond acceptors (Lipinski definition) is 5. The number of ether oxygens (including phenoxy) is 2. The van der Waals surface area contributed by atoms with Crippen LogP contribution in [0.1, 0.15) is 39.2 Å². The van der Waals surface area contributed by atoms with Crippen molar-refractivity contribution in [3.8, 4) is 5.75 Å². The van der Waals surface area contributed by atoms with Crippen molar-refractivity contribution < 1.29 is 19.1 Å². The zero-order valence-electron chi connectivity index (χ0n) is 17.3. The molecule has 2 atom stereocenters. The number of hydrogen-bond donors (Lipinski definition) is 0. The van der Waals surface area contributed by atoms with Crippen molar-refractivity contribution in [2.75, 3.05) is 27.8 Å². The van der Waals surface area contributed by atoms with Crippen molar-refractivity contribution in [2.45, 2.75) is 52.2 Å². The monoisotopic (exact) mass is 376 g/mol. The van der Waals surface area contributed by atoms with Crippen molar-refractivity contribution in [1.29, 1.82) is 0 Å². The van der Waals surface area contributed by atoms with E-state index in [4.69, 9.17) is 9.47 Å². The Balaban J connectivity index is 2.24. The summed E-state index contributed by atoms with van der Waals surface area (Å²) < 4.78 is 10.2. The van der Waals surface area contributed by atoms with Gasteiger partial charge in [-0.15, -0.1) is 0 Å². The SMILES string of the molecule is COC(=O)[C@@H]1C[C@H](N(Cc2cccc(OC)c2)C(=O)CC(C)(C)C)CN1C. The molecule has 27 heavy (non-hydrogen) atoms. The van der Waals surface area contributed by atoms with E-state index in [0.717, 1.165) is 11.3 Å². The zero-order valence-corrected chi connectivity index (χ0v) is 17.3. The van der Waals surface area contributed by atoms with E-state index in [-0.39, 0.29) is 29.4 Å². The van der Waals surface area contributed by atoms with E-state index in [1.165, 1.54) is 7.11 Å². The first kappa shape index (κ1) is 21.2. The van der Waals surface area contributed by atoms with Crippen LogP contribution in [-0.4, -0.2) is 61.6 Å². The van der Waals surface area contributed by atoms with Gasteiger partial charge in [0.1, 0.15) is 11.8 Å². The van der Waals surface area contributed by atoms with Gasteiger partial charge in [-0.3, -0.25) is 14.5 Å². The lowest BCUT2D eigenvalue weighted by Crippen LogP contribution is -2.42. The molecule has 0 saturated carbocycles. The number of likely N-dealkylation sites (tertiary alicyclic amines) is 1. The third kappa shape index (κ3) is 5.70. The zero-order chi connectivity index (χ0) is 20.2. The summed E-state index contributed by atoms with van der Waals surface area (Å²) in [6, 6.07) is 7.43. The third-order valence-electron chi connectivity index (χ3n) is 4.93. The van der Waals surface area contributed by atoms with Crippen molar-refractivity contribution in [2.24, 2.45) is 5.41 Å². The number of nitrogens with zero attached hydrogens (tertiary/aromatic N) is 2. The molecule has 6 nitrogen and oxygen atoms in total. The summed E-state index contributed by atoms with van der Waals surface area (Å²) in [6.07, 6.45) is 1.04. The molecule has 1 aliphatic rings. The van der Waals surface area contributed by atoms with E-state index in [1.807, 2.05) is 41.1 Å². The molecule has 1 heterocycles. The molecular formula is C21H32N2O4. The Morgan fingerprint density at radius 2 is 1.96 bits per heavy atom. The average Bonchev–Trinajstić information content (AvgIpc) is 2.99. The molecule has 0 aliphatic carbocycles. The smallest absolute Gasteiger partial charge is 0.323 e. The van der Waals surface area contributed by atoms with Gasteiger partial charge in [-0.2, -0.15) is 0 Å². The number of benzene rings is 1. The Morgan fingerprint density at radius 3 is 2.56 bits per heavy atom. The number of amides is 1. The minimum atomic E-state index is -0.310. The second-order valence-electron chi connectivity index (χ2n) is 8.48. The van der Waals surface area contributed by atoms with Gasteiger partial charge in [-0.05, 0) is 36.6 Å². The van der Waals surface area contributed by atoms with Crippen LogP contribution in [0.4, 0.5) is 0 Å². The number of esters is 1. The summed E-state index contributed by atoms with van der Waals surface area (Å²) in [5.41, 5.74) is 0.913. The topological polar surface area (TPSA) is 59.1 Å². The molecule has 6 heteroatoms. The van der Waals surface area contributed by atoms with Crippen LogP contribution in [0, 0.1) is 5.41 Å². The van der Waals surface area contributed by atoms with Crippen LogP contribution in [0.2, 0.25) is 0 Å². The molecular weight excluding hydrogens is 344 g/mol. The molecule has 0 aromatic heterocycles. The molecule has 0 unspecified atom stereocenters. The van der Waals surface area contributed by atoms with Gasteiger partial charge in [0, 0.05) is 25.6 Å². The summed E-state index contributed by atoms with van der Waals surface area (Å²) in [4.78, 5) is 29.1. The fraction of sp³-hybridized carbons (Fsp3) is 0.619. The lowest BCUT2D eigenvalue weighted by atomic mass is 9.91. The Morgan fingerprint density at radius 1 is 1.26 bits per heavy atom. The molecule has 1 aliphatic heterocycles. The highest BCUT2D eigenvalue weighted by Gasteiger charge is 2.40. The summed E-state index contributed by atoms with van der Waals surface area (Å²) >= 11 is 0. The van der Waals surface area contributed by atoms with Crippen molar-refractivity contribution in [3.63, 3.8) is 0 Å². The van der Waals surface area contributed by atoms with Gasteiger partial charge in [-0.25, -0.2) is 0 Å². The van der Waals surface area contributed by atoms with Gasteiger partial charge in [0.2, 0.25) is 5.91 Å². The minimum absolute atomic E-state index is 0.0276. The van der Waals surface area contributed by atoms with Gasteiger partial charge in [0.05, 0.1) is 14.2 Å². The first-order chi connectivity index (χ1) is 12.6. The maximum atomic E-state index is 13.1. The third-order valence-corrected chi connectivity index (χ3v) is 4.93. The van der Waals surface area contributed by atoms with E-state index in [9.17, 15) is 9.59 Å². The Hall–Kier alpha value is -2.08. The van der Waals surface area contributed by atoms with Crippen LogP contribution in [0.3, 0.4) is 0 Å². The molecule has 0 N–H and O–H groups in total. The van der Waals surface area contributed by atoms with Gasteiger partial charge >= 0.3 is 5.97 Å². The number of carbonyl (C=O) groups excluding carboxylic acids is 2. The van der Waals surface area contributed by atoms with Crippen LogP contribution < -0.4 is 4.74 Å². The van der Waals surface area contributed by atoms with Gasteiger partial charge < -0.3 is 14.4 Å². The molecule has 2 rings (SSSR count). The minimum Gasteiger partial charge on any atom is -0.497 e. The lowest BCUT2D eigenvalue weighted by Gasteiger charge is -2.32. The van der Waals surface area contributed by atoms with Gasteiger partial charge in [0.25, 0.3) is 0 Å². The molecule has 1 fully saturated rings. The number of carbonyl (C=O) groups is 2. The molecule has 1 aromatic carbocycles. The molecule has 1 amide bonds. The second-order valence-corrected chi connectivity index (χ2v) is 8.48. The van der Waals surface area contributed by atoms with Crippen LogP contribution in [0.25, 0.3) is 0 Å². The summed E-state index contributed by atoms with van der Waals surface area (Å²) in [6.45, 7) is 7.34. The Bertz CT molecular complexity index is 668. The largest absolute Gasteiger partial charge is 0.497 e. The number of methoxy groups -OCH3 is 2. The Kier molecular flexibility index (Phi) is 6.87. The van der Waals surface area contributed by atoms with Crippen LogP contribution in [-0.2, 0) is 20.9 Å². The van der Waals surface area contributed by atoms with E-state index >= 15 is 0 Å². The summed E-state index contributed by atoms with van der Waals surface area (Å²) in [7, 11) is 4.94. The second kappa shape index (κ2) is 8.74. The van der Waals surface area contributed by atoms with Crippen molar-refractivity contribution >= 4 is 11.9 Å². The normalized spacial score (nSPS) is 20.4. The average molecular weight is 376 g/mol. The molecule has 150 valence electrons. The molecule has 0 spiro atoms. The van der Waals surface area contributed by atoms with E-state index < -0.39 is 0 Å². The molecule has 0 radical (unpaired) electrons. The maximum absolute atomic E-state index is 13.1. The van der Waals surface area contributed by atoms with Crippen LogP contribution in [0.5, 0.6) is 5.75 Å². The first-order valence-electron chi connectivity index (χ1n) is 9.35. The predicted molar refractivity (Wildman–Crippen MR) is 104 cm³/mol. The molecule has 0 bridgehead atoms. The van der Waals surface area contributed by atoms with Crippen molar-refractivity contribution in [1.82, 2.24) is 9.80 Å². The Labute approximate surface area is 162 Å². The quantitative estimate of drug-likeness (QED) is 0.715. The van der Waals surface area contributed by atoms with Crippen molar-refractivity contribution in [3.05, 3.63) is 29.8 Å². The fourth-order valence-corrected chi connectivity index (χ4v) is 3.55. The number of rotatable bonds is 6. The lowest BCUT2D eigenvalue weighted by molar-refractivity contribution is -0.145. The van der Waals surface area contributed by atoms with E-state index in [0.29, 0.717) is 25.9 Å². The number of likely N-dealkylation sites (N-methyl/N-ethyl adjacent to an activating group) is 1. The van der Waals surface area contributed by atoms with E-state index in [1.54, 1.807) is 7.11 Å². The summed E-state index contributed by atoms with van der Waals surface area (Å²) in [5.74, 6) is 0.630. The molecule has 1 aromatic rings. The highest BCUT2D eigenvalue weighted by molar-refractivity contribution is 5.79. The predicted octanol–water partition coefficient (Wildman–Crippen LogP) is 2.71. The van der Waals surface area contributed by atoms with Gasteiger partial charge in [0.15, 0.2) is 0 Å². The summed E-state index contributed by atoms with van der Waals surface area (Å²) in [5, 5.41) is 0. The van der Waals surface area contributed by atoms with Gasteiger partial charge in [-0.1, -0.05) is 32.9 Å². The first-order valence-corrected chi connectivity index (χ1v) is 9.35. The van der Waals surface area contributed by atoms with E-state index in [2.05, 4.69) is 20.8 Å². The molecule has 1 saturated heterocycles. The maximum Gasteiger partial charge on any atom is 0.323 e. The highest BCUT2D eigenvalue weighted by atomic mass is 16.5. The van der Waals surface area contributed by atoms with Crippen LogP contribution >= 0.6 is 0 Å². The highest BCUT2D eigenvalue weighted by Crippen LogP contribution is 2.28.